The Hall–Kier alpha value is -1.85. The van der Waals surface area contributed by atoms with Crippen molar-refractivity contribution in [2.75, 3.05) is 0 Å². The summed E-state index contributed by atoms with van der Waals surface area (Å²) >= 11 is 0. The van der Waals surface area contributed by atoms with Gasteiger partial charge in [0.15, 0.2) is 5.78 Å². The summed E-state index contributed by atoms with van der Waals surface area (Å²) in [6.07, 6.45) is 11.9. The maximum absolute atomic E-state index is 13.7. The average Bonchev–Trinajstić information content (AvgIpc) is 3.35. The minimum atomic E-state index is -0.231. The highest BCUT2D eigenvalue weighted by Crippen LogP contribution is 2.67. The number of nitrogens with zero attached hydrogens (tertiary/aromatic N) is 3. The first-order valence-electron chi connectivity index (χ1n) is 12.1. The van der Waals surface area contributed by atoms with Gasteiger partial charge in [-0.05, 0) is 73.5 Å². The van der Waals surface area contributed by atoms with Crippen LogP contribution >= 0.6 is 0 Å². The quantitative estimate of drug-likeness (QED) is 0.684. The summed E-state index contributed by atoms with van der Waals surface area (Å²) in [4.78, 5) is 38.7. The van der Waals surface area contributed by atoms with Crippen molar-refractivity contribution < 1.29 is 14.4 Å². The summed E-state index contributed by atoms with van der Waals surface area (Å²) in [7, 11) is 0. The summed E-state index contributed by atoms with van der Waals surface area (Å²) in [5.41, 5.74) is -0.451. The fourth-order valence-corrected chi connectivity index (χ4v) is 8.52. The maximum atomic E-state index is 13.7. The van der Waals surface area contributed by atoms with Crippen LogP contribution in [0.5, 0.6) is 0 Å². The van der Waals surface area contributed by atoms with Crippen LogP contribution in [0.2, 0.25) is 0 Å². The Kier molecular flexibility index (Phi) is 4.80. The molecule has 0 spiro atoms. The summed E-state index contributed by atoms with van der Waals surface area (Å²) in [6, 6.07) is 0. The molecule has 0 bridgehead atoms. The molecular formula is C25H35N3O3. The molecule has 4 aliphatic rings. The number of carbonyl (C=O) groups is 3. The van der Waals surface area contributed by atoms with Crippen molar-refractivity contribution >= 4 is 17.9 Å². The van der Waals surface area contributed by atoms with Crippen molar-refractivity contribution in [3.8, 4) is 0 Å². The van der Waals surface area contributed by atoms with Crippen LogP contribution in [-0.2, 0) is 20.9 Å². The Morgan fingerprint density at radius 3 is 2.68 bits per heavy atom. The molecule has 4 aliphatic carbocycles. The minimum absolute atomic E-state index is 0.00662. The Morgan fingerprint density at radius 1 is 1.16 bits per heavy atom. The summed E-state index contributed by atoms with van der Waals surface area (Å²) in [6.45, 7) is 6.89. The largest absolute Gasteiger partial charge is 0.303 e. The smallest absolute Gasteiger partial charge is 0.157 e. The van der Waals surface area contributed by atoms with Gasteiger partial charge in [0.1, 0.15) is 18.6 Å². The topological polar surface area (TPSA) is 81.9 Å². The highest BCUT2D eigenvalue weighted by Gasteiger charge is 2.64. The van der Waals surface area contributed by atoms with E-state index in [2.05, 4.69) is 31.1 Å². The van der Waals surface area contributed by atoms with E-state index >= 15 is 0 Å². The number of rotatable bonds is 4. The molecule has 0 amide bonds. The van der Waals surface area contributed by atoms with Gasteiger partial charge >= 0.3 is 0 Å². The molecule has 31 heavy (non-hydrogen) atoms. The first-order valence-corrected chi connectivity index (χ1v) is 12.1. The molecule has 6 nitrogen and oxygen atoms in total. The SMILES string of the molecule is CC1(C=O)CC[C@@]2(C)[C@@H](CCC3[C@@H]4CC[C@H](C(=O)Cn5ccnn5)[C@@]4(C)CC(=O)[C@@H]32)C1. The summed E-state index contributed by atoms with van der Waals surface area (Å²) < 4.78 is 1.60. The van der Waals surface area contributed by atoms with Crippen molar-refractivity contribution in [3.63, 3.8) is 0 Å². The van der Waals surface area contributed by atoms with E-state index in [4.69, 9.17) is 0 Å². The van der Waals surface area contributed by atoms with E-state index in [1.807, 2.05) is 0 Å². The zero-order valence-corrected chi connectivity index (χ0v) is 19.0. The summed E-state index contributed by atoms with van der Waals surface area (Å²) in [5, 5.41) is 7.78. The van der Waals surface area contributed by atoms with Crippen LogP contribution in [0.15, 0.2) is 12.4 Å². The molecule has 4 fully saturated rings. The second-order valence-corrected chi connectivity index (χ2v) is 11.8. The van der Waals surface area contributed by atoms with Crippen LogP contribution in [0.4, 0.5) is 0 Å². The van der Waals surface area contributed by atoms with Gasteiger partial charge in [-0.15, -0.1) is 5.10 Å². The molecule has 1 heterocycles. The molecule has 0 saturated heterocycles. The van der Waals surface area contributed by atoms with E-state index < -0.39 is 0 Å². The Morgan fingerprint density at radius 2 is 1.97 bits per heavy atom. The van der Waals surface area contributed by atoms with E-state index in [1.54, 1.807) is 17.1 Å². The summed E-state index contributed by atoms with van der Waals surface area (Å²) in [5.74, 6) is 1.89. The molecule has 2 unspecified atom stereocenters. The Balaban J connectivity index is 1.40. The number of hydrogen-bond donors (Lipinski definition) is 0. The van der Waals surface area contributed by atoms with E-state index in [9.17, 15) is 14.4 Å². The van der Waals surface area contributed by atoms with Gasteiger partial charge in [-0.25, -0.2) is 4.68 Å². The van der Waals surface area contributed by atoms with Crippen LogP contribution in [0.3, 0.4) is 0 Å². The van der Waals surface area contributed by atoms with Crippen LogP contribution in [-0.4, -0.2) is 32.8 Å². The van der Waals surface area contributed by atoms with E-state index in [0.29, 0.717) is 30.0 Å². The predicted octanol–water partition coefficient (Wildman–Crippen LogP) is 3.89. The molecule has 168 valence electrons. The maximum Gasteiger partial charge on any atom is 0.157 e. The van der Waals surface area contributed by atoms with Crippen molar-refractivity contribution in [3.05, 3.63) is 12.4 Å². The van der Waals surface area contributed by atoms with Crippen molar-refractivity contribution in [1.29, 1.82) is 0 Å². The van der Waals surface area contributed by atoms with E-state index in [-0.39, 0.29) is 40.4 Å². The second-order valence-electron chi connectivity index (χ2n) is 11.8. The van der Waals surface area contributed by atoms with E-state index in [1.165, 1.54) is 0 Å². The van der Waals surface area contributed by atoms with Crippen molar-refractivity contribution in [1.82, 2.24) is 15.0 Å². The lowest BCUT2D eigenvalue weighted by Gasteiger charge is -2.60. The van der Waals surface area contributed by atoms with Crippen LogP contribution in [0.1, 0.15) is 72.1 Å². The molecule has 0 radical (unpaired) electrons. The number of hydrogen-bond acceptors (Lipinski definition) is 5. The fraction of sp³-hybridized carbons (Fsp3) is 0.800. The van der Waals surface area contributed by atoms with Crippen molar-refractivity contribution in [2.24, 2.45) is 45.8 Å². The highest BCUT2D eigenvalue weighted by molar-refractivity contribution is 5.87. The van der Waals surface area contributed by atoms with Crippen LogP contribution in [0, 0.1) is 45.8 Å². The van der Waals surface area contributed by atoms with Gasteiger partial charge < -0.3 is 4.79 Å². The predicted molar refractivity (Wildman–Crippen MR) is 115 cm³/mol. The Labute approximate surface area is 184 Å². The van der Waals surface area contributed by atoms with Crippen LogP contribution in [0.25, 0.3) is 0 Å². The first kappa shape index (κ1) is 21.0. The molecule has 6 heteroatoms. The van der Waals surface area contributed by atoms with E-state index in [0.717, 1.165) is 51.2 Å². The molecule has 8 atom stereocenters. The van der Waals surface area contributed by atoms with Gasteiger partial charge in [-0.3, -0.25) is 9.59 Å². The number of ketones is 2. The number of aromatic nitrogens is 3. The molecule has 5 rings (SSSR count). The Bertz CT molecular complexity index is 898. The van der Waals surface area contributed by atoms with Gasteiger partial charge in [0.2, 0.25) is 0 Å². The lowest BCUT2D eigenvalue weighted by Crippen LogP contribution is -2.58. The lowest BCUT2D eigenvalue weighted by atomic mass is 9.43. The van der Waals surface area contributed by atoms with Crippen molar-refractivity contribution in [2.45, 2.75) is 78.7 Å². The van der Waals surface area contributed by atoms with Gasteiger partial charge in [0.25, 0.3) is 0 Å². The van der Waals surface area contributed by atoms with Gasteiger partial charge in [0, 0.05) is 29.9 Å². The number of aldehydes is 1. The second kappa shape index (κ2) is 7.08. The number of carbonyl (C=O) groups excluding carboxylic acids is 3. The molecule has 0 N–H and O–H groups in total. The molecule has 4 saturated carbocycles. The third-order valence-corrected chi connectivity index (χ3v) is 10.2. The molecule has 1 aromatic heterocycles. The molecule has 0 aliphatic heterocycles. The standard InChI is InChI=1S/C25H35N3O3/c1-23(15-29)8-9-24(2)16(12-23)4-5-17-18-6-7-19(21(31)14-28-11-10-26-27-28)25(18,3)13-20(30)22(17)24/h10-11,15-19,22H,4-9,12-14H2,1-3H3/t16-,17?,18-,19+,22+,23?,24-,25-/m0/s1. The third-order valence-electron chi connectivity index (χ3n) is 10.2. The minimum Gasteiger partial charge on any atom is -0.303 e. The fourth-order valence-electron chi connectivity index (χ4n) is 8.52. The lowest BCUT2D eigenvalue weighted by molar-refractivity contribution is -0.163. The molecule has 1 aromatic rings. The highest BCUT2D eigenvalue weighted by atomic mass is 16.1. The van der Waals surface area contributed by atoms with Crippen LogP contribution < -0.4 is 0 Å². The van der Waals surface area contributed by atoms with Gasteiger partial charge in [-0.2, -0.15) is 0 Å². The number of fused-ring (bicyclic) bond motifs is 5. The van der Waals surface area contributed by atoms with Gasteiger partial charge in [-0.1, -0.05) is 26.0 Å². The zero-order valence-electron chi connectivity index (χ0n) is 19.0. The first-order chi connectivity index (χ1) is 14.7. The molecule has 0 aromatic carbocycles. The zero-order chi connectivity index (χ0) is 22.0. The monoisotopic (exact) mass is 425 g/mol. The normalized spacial score (nSPS) is 46.7. The van der Waals surface area contributed by atoms with Gasteiger partial charge in [0.05, 0.1) is 6.20 Å². The average molecular weight is 426 g/mol. The molecular weight excluding hydrogens is 390 g/mol. The third kappa shape index (κ3) is 3.07. The number of Topliss-reactive ketones (excluding diaryl/α,β-unsaturated/α-hetero) is 2.